The summed E-state index contributed by atoms with van der Waals surface area (Å²) in [5.41, 5.74) is 1.07. The van der Waals surface area contributed by atoms with Gasteiger partial charge in [0.1, 0.15) is 0 Å². The van der Waals surface area contributed by atoms with Gasteiger partial charge in [0.15, 0.2) is 0 Å². The highest BCUT2D eigenvalue weighted by molar-refractivity contribution is 7.19. The van der Waals surface area contributed by atoms with Crippen molar-refractivity contribution in [2.24, 2.45) is 4.99 Å². The molecule has 0 fully saturated rings. The van der Waals surface area contributed by atoms with Gasteiger partial charge in [-0.3, -0.25) is 0 Å². The van der Waals surface area contributed by atoms with Crippen LogP contribution in [0.2, 0.25) is 0 Å². The maximum Gasteiger partial charge on any atom is 0.269 e. The monoisotopic (exact) mass is 269 g/mol. The van der Waals surface area contributed by atoms with Gasteiger partial charge in [0.2, 0.25) is 0 Å². The third-order valence-electron chi connectivity index (χ3n) is 3.32. The third-order valence-corrected chi connectivity index (χ3v) is 4.54. The van der Waals surface area contributed by atoms with E-state index in [9.17, 15) is 0 Å². The van der Waals surface area contributed by atoms with E-state index in [4.69, 9.17) is 0 Å². The number of hydrogen-bond donors (Lipinski definition) is 0. The van der Waals surface area contributed by atoms with E-state index < -0.39 is 0 Å². The normalized spacial score (nSPS) is 18.4. The van der Waals surface area contributed by atoms with E-state index in [-0.39, 0.29) is 6.04 Å². The highest BCUT2D eigenvalue weighted by Crippen LogP contribution is 2.36. The molecule has 2 aromatic heterocycles. The standard InChI is InChI=1S/C13H11N5S/c1-8-6-10(18-13(14-8)15-16-17-18)12-7-9-4-2-3-5-11(9)19-12/h2-5,7,10H,6H2,1H3. The van der Waals surface area contributed by atoms with Crippen LogP contribution in [0, 0.1) is 0 Å². The Labute approximate surface area is 113 Å². The van der Waals surface area contributed by atoms with Crippen LogP contribution in [0.4, 0.5) is 5.95 Å². The van der Waals surface area contributed by atoms with Crippen LogP contribution in [0.25, 0.3) is 10.1 Å². The molecule has 3 aromatic rings. The predicted octanol–water partition coefficient (Wildman–Crippen LogP) is 2.97. The van der Waals surface area contributed by atoms with Gasteiger partial charge in [-0.2, -0.15) is 0 Å². The predicted molar refractivity (Wildman–Crippen MR) is 75.2 cm³/mol. The number of aromatic nitrogens is 4. The Morgan fingerprint density at radius 1 is 1.32 bits per heavy atom. The molecule has 1 aliphatic rings. The average Bonchev–Trinajstić information content (AvgIpc) is 3.03. The van der Waals surface area contributed by atoms with Crippen LogP contribution >= 0.6 is 11.3 Å². The number of aliphatic imine (C=N–C) groups is 1. The molecule has 0 N–H and O–H groups in total. The molecular weight excluding hydrogens is 258 g/mol. The number of fused-ring (bicyclic) bond motifs is 2. The zero-order valence-corrected chi connectivity index (χ0v) is 11.1. The van der Waals surface area contributed by atoms with Crippen molar-refractivity contribution < 1.29 is 0 Å². The zero-order valence-electron chi connectivity index (χ0n) is 10.3. The number of tetrazole rings is 1. The molecule has 0 amide bonds. The van der Waals surface area contributed by atoms with Gasteiger partial charge in [0.05, 0.1) is 6.04 Å². The Balaban J connectivity index is 1.87. The van der Waals surface area contributed by atoms with Gasteiger partial charge in [-0.05, 0) is 34.9 Å². The van der Waals surface area contributed by atoms with E-state index in [2.05, 4.69) is 50.8 Å². The minimum absolute atomic E-state index is 0.167. The van der Waals surface area contributed by atoms with Gasteiger partial charge >= 0.3 is 0 Å². The molecule has 0 aliphatic carbocycles. The number of benzene rings is 1. The smallest absolute Gasteiger partial charge is 0.220 e. The molecular formula is C13H11N5S. The van der Waals surface area contributed by atoms with Crippen LogP contribution in [0.15, 0.2) is 35.3 Å². The molecule has 1 atom stereocenters. The van der Waals surface area contributed by atoms with Crippen molar-refractivity contribution in [2.75, 3.05) is 0 Å². The SMILES string of the molecule is CC1=Nc2nnnn2C(c2cc3ccccc3s2)C1. The minimum atomic E-state index is 0.167. The summed E-state index contributed by atoms with van der Waals surface area (Å²) in [6.45, 7) is 2.03. The van der Waals surface area contributed by atoms with E-state index in [0.717, 1.165) is 12.1 Å². The van der Waals surface area contributed by atoms with Crippen LogP contribution in [-0.4, -0.2) is 25.9 Å². The number of thiophene rings is 1. The van der Waals surface area contributed by atoms with Gasteiger partial charge in [0.25, 0.3) is 5.95 Å². The van der Waals surface area contributed by atoms with Crippen molar-refractivity contribution in [3.8, 4) is 0 Å². The van der Waals surface area contributed by atoms with Crippen molar-refractivity contribution in [1.82, 2.24) is 20.2 Å². The van der Waals surface area contributed by atoms with Crippen LogP contribution in [0.5, 0.6) is 0 Å². The Bertz CT molecular complexity index is 752. The Morgan fingerprint density at radius 3 is 3.11 bits per heavy atom. The second-order valence-corrected chi connectivity index (χ2v) is 5.79. The second kappa shape index (κ2) is 3.96. The molecule has 1 aromatic carbocycles. The molecule has 0 saturated carbocycles. The molecule has 1 aliphatic heterocycles. The fourth-order valence-electron chi connectivity index (χ4n) is 2.43. The van der Waals surface area contributed by atoms with Crippen molar-refractivity contribution in [2.45, 2.75) is 19.4 Å². The summed E-state index contributed by atoms with van der Waals surface area (Å²) >= 11 is 1.80. The number of hydrogen-bond acceptors (Lipinski definition) is 5. The molecule has 6 heteroatoms. The maximum absolute atomic E-state index is 4.38. The molecule has 19 heavy (non-hydrogen) atoms. The number of nitrogens with zero attached hydrogens (tertiary/aromatic N) is 5. The van der Waals surface area contributed by atoms with E-state index in [1.807, 2.05) is 11.6 Å². The maximum atomic E-state index is 4.38. The lowest BCUT2D eigenvalue weighted by Crippen LogP contribution is -2.18. The first kappa shape index (κ1) is 10.8. The van der Waals surface area contributed by atoms with Crippen molar-refractivity contribution in [1.29, 1.82) is 0 Å². The zero-order chi connectivity index (χ0) is 12.8. The molecule has 0 bridgehead atoms. The van der Waals surface area contributed by atoms with Gasteiger partial charge in [-0.1, -0.05) is 23.3 Å². The fraction of sp³-hybridized carbons (Fsp3) is 0.231. The van der Waals surface area contributed by atoms with Crippen molar-refractivity contribution in [3.05, 3.63) is 35.2 Å². The quantitative estimate of drug-likeness (QED) is 0.682. The summed E-state index contributed by atoms with van der Waals surface area (Å²) in [6.07, 6.45) is 0.866. The molecule has 3 heterocycles. The molecule has 1 unspecified atom stereocenters. The van der Waals surface area contributed by atoms with Crippen LogP contribution in [-0.2, 0) is 0 Å². The highest BCUT2D eigenvalue weighted by Gasteiger charge is 2.25. The van der Waals surface area contributed by atoms with E-state index in [1.165, 1.54) is 15.0 Å². The Morgan fingerprint density at radius 2 is 2.21 bits per heavy atom. The molecule has 94 valence electrons. The van der Waals surface area contributed by atoms with E-state index in [1.54, 1.807) is 11.3 Å². The molecule has 0 saturated heterocycles. The van der Waals surface area contributed by atoms with Crippen LogP contribution in [0.1, 0.15) is 24.3 Å². The van der Waals surface area contributed by atoms with Crippen LogP contribution < -0.4 is 0 Å². The molecule has 0 radical (unpaired) electrons. The summed E-state index contributed by atoms with van der Waals surface area (Å²) in [5, 5.41) is 13.0. The third kappa shape index (κ3) is 1.67. The Hall–Kier alpha value is -2.08. The largest absolute Gasteiger partial charge is 0.269 e. The van der Waals surface area contributed by atoms with Crippen molar-refractivity contribution in [3.63, 3.8) is 0 Å². The van der Waals surface area contributed by atoms with Gasteiger partial charge < -0.3 is 0 Å². The van der Waals surface area contributed by atoms with Crippen LogP contribution in [0.3, 0.4) is 0 Å². The van der Waals surface area contributed by atoms with Gasteiger partial charge in [0, 0.05) is 21.7 Å². The lowest BCUT2D eigenvalue weighted by atomic mass is 10.1. The van der Waals surface area contributed by atoms with Crippen molar-refractivity contribution >= 4 is 33.1 Å². The fourth-order valence-corrected chi connectivity index (χ4v) is 3.59. The van der Waals surface area contributed by atoms with Gasteiger partial charge in [-0.15, -0.1) is 11.3 Å². The first-order valence-electron chi connectivity index (χ1n) is 6.12. The van der Waals surface area contributed by atoms with Gasteiger partial charge in [-0.25, -0.2) is 9.67 Å². The van der Waals surface area contributed by atoms with E-state index >= 15 is 0 Å². The topological polar surface area (TPSA) is 56.0 Å². The lowest BCUT2D eigenvalue weighted by molar-refractivity contribution is 0.521. The lowest BCUT2D eigenvalue weighted by Gasteiger charge is -2.19. The summed E-state index contributed by atoms with van der Waals surface area (Å²) in [4.78, 5) is 5.67. The molecule has 0 spiro atoms. The Kier molecular flexibility index (Phi) is 2.25. The average molecular weight is 269 g/mol. The first-order valence-corrected chi connectivity index (χ1v) is 6.93. The summed E-state index contributed by atoms with van der Waals surface area (Å²) in [5.74, 6) is 0.603. The van der Waals surface area contributed by atoms with E-state index in [0.29, 0.717) is 5.95 Å². The second-order valence-electron chi connectivity index (χ2n) is 4.68. The minimum Gasteiger partial charge on any atom is -0.220 e. The summed E-state index contributed by atoms with van der Waals surface area (Å²) in [6, 6.07) is 10.8. The number of rotatable bonds is 1. The summed E-state index contributed by atoms with van der Waals surface area (Å²) < 4.78 is 3.12. The molecule has 5 nitrogen and oxygen atoms in total. The first-order chi connectivity index (χ1) is 9.31. The summed E-state index contributed by atoms with van der Waals surface area (Å²) in [7, 11) is 0. The highest BCUT2D eigenvalue weighted by atomic mass is 32.1. The molecule has 4 rings (SSSR count).